The number of hydrogen-bond donors (Lipinski definition) is 0. The van der Waals surface area contributed by atoms with E-state index >= 15 is 0 Å². The fourth-order valence-corrected chi connectivity index (χ4v) is 3.53. The van der Waals surface area contributed by atoms with E-state index in [0.717, 1.165) is 17.7 Å². The van der Waals surface area contributed by atoms with Gasteiger partial charge >= 0.3 is 5.76 Å². The Bertz CT molecular complexity index is 961. The van der Waals surface area contributed by atoms with Gasteiger partial charge in [0.1, 0.15) is 13.2 Å². The van der Waals surface area contributed by atoms with Gasteiger partial charge in [-0.25, -0.2) is 8.42 Å². The Hall–Kier alpha value is -2.68. The van der Waals surface area contributed by atoms with Crippen molar-refractivity contribution in [1.29, 1.82) is 0 Å². The summed E-state index contributed by atoms with van der Waals surface area (Å²) in [4.78, 5) is 13.8. The second kappa shape index (κ2) is 8.14. The molecule has 1 aliphatic heterocycles. The second-order valence-corrected chi connectivity index (χ2v) is 8.05. The van der Waals surface area contributed by atoms with Gasteiger partial charge in [0.15, 0.2) is 11.5 Å². The molecule has 1 heterocycles. The van der Waals surface area contributed by atoms with E-state index in [1.54, 1.807) is 11.0 Å². The van der Waals surface area contributed by atoms with Gasteiger partial charge in [-0.2, -0.15) is 8.78 Å². The van der Waals surface area contributed by atoms with E-state index in [9.17, 15) is 22.0 Å². The molecule has 0 aromatic heterocycles. The first kappa shape index (κ1) is 20.1. The molecule has 0 fully saturated rings. The second-order valence-electron chi connectivity index (χ2n) is 6.13. The number of halogens is 2. The summed E-state index contributed by atoms with van der Waals surface area (Å²) in [5.41, 5.74) is 1.06. The fourth-order valence-electron chi connectivity index (χ4n) is 2.81. The number of ether oxygens (including phenoxy) is 2. The van der Waals surface area contributed by atoms with Crippen molar-refractivity contribution < 1.29 is 31.5 Å². The van der Waals surface area contributed by atoms with Crippen molar-refractivity contribution in [3.8, 4) is 11.5 Å². The first-order valence-electron chi connectivity index (χ1n) is 8.63. The standard InChI is InChI=1S/C19H19F2NO5S/c1-2-22(12-13-3-8-16-17(11-13)27-10-9-26-16)18(23)14-4-6-15(7-5-14)28(24,25)19(20)21/h3-8,11,19H,2,9-10,12H2,1H3. The maximum Gasteiger partial charge on any atom is 0.341 e. The number of alkyl halides is 2. The van der Waals surface area contributed by atoms with Crippen LogP contribution >= 0.6 is 0 Å². The topological polar surface area (TPSA) is 72.9 Å². The van der Waals surface area contributed by atoms with Gasteiger partial charge in [-0.05, 0) is 48.9 Å². The molecule has 0 unspecified atom stereocenters. The molecule has 0 saturated carbocycles. The van der Waals surface area contributed by atoms with Crippen molar-refractivity contribution in [2.75, 3.05) is 19.8 Å². The maximum absolute atomic E-state index is 12.7. The average Bonchev–Trinajstić information content (AvgIpc) is 2.71. The van der Waals surface area contributed by atoms with Gasteiger partial charge in [-0.3, -0.25) is 4.79 Å². The summed E-state index contributed by atoms with van der Waals surface area (Å²) in [6, 6.07) is 9.95. The molecule has 0 aliphatic carbocycles. The van der Waals surface area contributed by atoms with Crippen LogP contribution in [0.15, 0.2) is 47.4 Å². The summed E-state index contributed by atoms with van der Waals surface area (Å²) >= 11 is 0. The van der Waals surface area contributed by atoms with Crippen LogP contribution in [-0.4, -0.2) is 44.7 Å². The van der Waals surface area contributed by atoms with Gasteiger partial charge in [-0.15, -0.1) is 0 Å². The lowest BCUT2D eigenvalue weighted by Crippen LogP contribution is -2.30. The molecule has 6 nitrogen and oxygen atoms in total. The summed E-state index contributed by atoms with van der Waals surface area (Å²) in [6.45, 7) is 3.48. The molecule has 0 atom stereocenters. The quantitative estimate of drug-likeness (QED) is 0.730. The number of hydrogen-bond acceptors (Lipinski definition) is 5. The largest absolute Gasteiger partial charge is 0.486 e. The van der Waals surface area contributed by atoms with E-state index in [2.05, 4.69) is 0 Å². The van der Waals surface area contributed by atoms with Crippen molar-refractivity contribution in [2.24, 2.45) is 0 Å². The highest BCUT2D eigenvalue weighted by atomic mass is 32.2. The lowest BCUT2D eigenvalue weighted by Gasteiger charge is -2.23. The number of sulfone groups is 1. The minimum Gasteiger partial charge on any atom is -0.486 e. The first-order chi connectivity index (χ1) is 13.3. The summed E-state index contributed by atoms with van der Waals surface area (Å²) in [6.07, 6.45) is 0. The SMILES string of the molecule is CCN(Cc1ccc2c(c1)OCCO2)C(=O)c1ccc(S(=O)(=O)C(F)F)cc1. The smallest absolute Gasteiger partial charge is 0.341 e. The third-order valence-corrected chi connectivity index (χ3v) is 5.71. The van der Waals surface area contributed by atoms with Crippen LogP contribution in [0.1, 0.15) is 22.8 Å². The van der Waals surface area contributed by atoms with Crippen LogP contribution < -0.4 is 9.47 Å². The predicted octanol–water partition coefficient (Wildman–Crippen LogP) is 3.12. The monoisotopic (exact) mass is 411 g/mol. The van der Waals surface area contributed by atoms with Gasteiger partial charge < -0.3 is 14.4 Å². The molecule has 2 aromatic carbocycles. The number of rotatable bonds is 6. The van der Waals surface area contributed by atoms with Gasteiger partial charge in [0.25, 0.3) is 5.91 Å². The third kappa shape index (κ3) is 4.09. The molecule has 9 heteroatoms. The molecule has 0 N–H and O–H groups in total. The van der Waals surface area contributed by atoms with Gasteiger partial charge in [0, 0.05) is 18.7 Å². The van der Waals surface area contributed by atoms with Crippen molar-refractivity contribution >= 4 is 15.7 Å². The maximum atomic E-state index is 12.7. The molecule has 0 bridgehead atoms. The predicted molar refractivity (Wildman–Crippen MR) is 97.5 cm³/mol. The summed E-state index contributed by atoms with van der Waals surface area (Å²) in [5.74, 6) is -2.57. The lowest BCUT2D eigenvalue weighted by atomic mass is 10.1. The number of fused-ring (bicyclic) bond motifs is 1. The number of amides is 1. The van der Waals surface area contributed by atoms with E-state index in [4.69, 9.17) is 9.47 Å². The van der Waals surface area contributed by atoms with Gasteiger partial charge in [0.2, 0.25) is 9.84 Å². The van der Waals surface area contributed by atoms with E-state index < -0.39 is 20.5 Å². The molecule has 150 valence electrons. The minimum atomic E-state index is -4.69. The summed E-state index contributed by atoms with van der Waals surface area (Å²) in [7, 11) is -4.69. The van der Waals surface area contributed by atoms with Gasteiger partial charge in [-0.1, -0.05) is 6.07 Å². The first-order valence-corrected chi connectivity index (χ1v) is 10.2. The Balaban J connectivity index is 1.76. The Kier molecular flexibility index (Phi) is 5.83. The lowest BCUT2D eigenvalue weighted by molar-refractivity contribution is 0.0752. The Morgan fingerprint density at radius 1 is 1.07 bits per heavy atom. The van der Waals surface area contributed by atoms with Gasteiger partial charge in [0.05, 0.1) is 4.90 Å². The van der Waals surface area contributed by atoms with Crippen molar-refractivity contribution in [3.63, 3.8) is 0 Å². The zero-order valence-electron chi connectivity index (χ0n) is 15.1. The van der Waals surface area contributed by atoms with Crippen LogP contribution in [-0.2, 0) is 16.4 Å². The van der Waals surface area contributed by atoms with E-state index in [-0.39, 0.29) is 11.5 Å². The Labute approximate surface area is 161 Å². The summed E-state index contributed by atoms with van der Waals surface area (Å²) < 4.78 is 59.2. The van der Waals surface area contributed by atoms with Crippen LogP contribution in [0.25, 0.3) is 0 Å². The highest BCUT2D eigenvalue weighted by Gasteiger charge is 2.27. The fraction of sp³-hybridized carbons (Fsp3) is 0.316. The molecule has 1 aliphatic rings. The van der Waals surface area contributed by atoms with Crippen LogP contribution in [0.2, 0.25) is 0 Å². The van der Waals surface area contributed by atoms with Crippen molar-refractivity contribution in [1.82, 2.24) is 4.90 Å². The Morgan fingerprint density at radius 2 is 1.71 bits per heavy atom. The van der Waals surface area contributed by atoms with Crippen LogP contribution in [0, 0.1) is 0 Å². The van der Waals surface area contributed by atoms with Crippen molar-refractivity contribution in [2.45, 2.75) is 24.1 Å². The van der Waals surface area contributed by atoms with Crippen LogP contribution in [0.4, 0.5) is 8.78 Å². The normalized spacial score (nSPS) is 13.4. The molecule has 0 saturated heterocycles. The average molecular weight is 411 g/mol. The highest BCUT2D eigenvalue weighted by Crippen LogP contribution is 2.31. The molecule has 2 aromatic rings. The van der Waals surface area contributed by atoms with E-state index in [1.165, 1.54) is 12.1 Å². The highest BCUT2D eigenvalue weighted by molar-refractivity contribution is 7.91. The summed E-state index contributed by atoms with van der Waals surface area (Å²) in [5, 5.41) is 0. The molecular formula is C19H19F2NO5S. The molecule has 28 heavy (non-hydrogen) atoms. The number of benzene rings is 2. The zero-order chi connectivity index (χ0) is 20.3. The van der Waals surface area contributed by atoms with Crippen LogP contribution in [0.5, 0.6) is 11.5 Å². The molecule has 0 spiro atoms. The minimum absolute atomic E-state index is 0.215. The Morgan fingerprint density at radius 3 is 2.32 bits per heavy atom. The molecule has 1 amide bonds. The number of carbonyl (C=O) groups is 1. The zero-order valence-corrected chi connectivity index (χ0v) is 15.9. The number of nitrogens with zero attached hydrogens (tertiary/aromatic N) is 1. The molecule has 0 radical (unpaired) electrons. The molecular weight excluding hydrogens is 392 g/mol. The van der Waals surface area contributed by atoms with Crippen LogP contribution in [0.3, 0.4) is 0 Å². The van der Waals surface area contributed by atoms with E-state index in [1.807, 2.05) is 19.1 Å². The van der Waals surface area contributed by atoms with Crippen molar-refractivity contribution in [3.05, 3.63) is 53.6 Å². The van der Waals surface area contributed by atoms with E-state index in [0.29, 0.717) is 37.8 Å². The number of carbonyl (C=O) groups excluding carboxylic acids is 1. The third-order valence-electron chi connectivity index (χ3n) is 4.31. The molecule has 3 rings (SSSR count).